The van der Waals surface area contributed by atoms with Crippen molar-refractivity contribution in [1.82, 2.24) is 0 Å². The zero-order valence-corrected chi connectivity index (χ0v) is 14.2. The van der Waals surface area contributed by atoms with E-state index in [1.807, 2.05) is 12.1 Å². The van der Waals surface area contributed by atoms with E-state index in [4.69, 9.17) is 15.2 Å². The minimum absolute atomic E-state index is 0.286. The van der Waals surface area contributed by atoms with Gasteiger partial charge in [0.25, 0.3) is 0 Å². The van der Waals surface area contributed by atoms with Crippen molar-refractivity contribution >= 4 is 15.9 Å². The maximum Gasteiger partial charge on any atom is 0.137 e. The van der Waals surface area contributed by atoms with E-state index in [2.05, 4.69) is 15.9 Å². The predicted octanol–water partition coefficient (Wildman–Crippen LogP) is 3.41. The van der Waals surface area contributed by atoms with Crippen LogP contribution in [0.25, 0.3) is 0 Å². The molecule has 0 aliphatic heterocycles. The van der Waals surface area contributed by atoms with Gasteiger partial charge in [-0.3, -0.25) is 0 Å². The van der Waals surface area contributed by atoms with Crippen LogP contribution in [0.1, 0.15) is 43.7 Å². The second-order valence-electron chi connectivity index (χ2n) is 5.65. The Balaban J connectivity index is 2.23. The number of nitrogens with two attached hydrogens (primary N) is 1. The van der Waals surface area contributed by atoms with Gasteiger partial charge in [0.1, 0.15) is 16.0 Å². The molecule has 0 heterocycles. The molecule has 118 valence electrons. The highest BCUT2D eigenvalue weighted by molar-refractivity contribution is 9.10. The molecule has 0 saturated heterocycles. The number of methoxy groups -OCH3 is 2. The number of ether oxygens (including phenoxy) is 2. The number of aliphatic hydroxyl groups excluding tert-OH is 1. The molecule has 0 aromatic heterocycles. The molecule has 1 saturated carbocycles. The molecule has 1 aliphatic rings. The first-order chi connectivity index (χ1) is 10.1. The summed E-state index contributed by atoms with van der Waals surface area (Å²) < 4.78 is 11.4. The Hall–Kier alpha value is -0.780. The van der Waals surface area contributed by atoms with Gasteiger partial charge in [0, 0.05) is 0 Å². The summed E-state index contributed by atoms with van der Waals surface area (Å²) >= 11 is 3.45. The molecule has 1 aromatic carbocycles. The number of hydrogen-bond acceptors (Lipinski definition) is 4. The Labute approximate surface area is 134 Å². The fraction of sp³-hybridized carbons (Fsp3) is 0.625. The van der Waals surface area contributed by atoms with E-state index in [-0.39, 0.29) is 5.92 Å². The molecule has 3 N–H and O–H groups in total. The van der Waals surface area contributed by atoms with Gasteiger partial charge in [0.15, 0.2) is 0 Å². The Kier molecular flexibility index (Phi) is 5.90. The van der Waals surface area contributed by atoms with Crippen molar-refractivity contribution in [3.8, 4) is 11.5 Å². The number of hydrogen-bond donors (Lipinski definition) is 2. The molecule has 1 fully saturated rings. The van der Waals surface area contributed by atoms with E-state index in [0.717, 1.165) is 22.9 Å². The molecule has 4 nitrogen and oxygen atoms in total. The highest BCUT2D eigenvalue weighted by atomic mass is 79.9. The Morgan fingerprint density at radius 3 is 2.14 bits per heavy atom. The third-order valence-electron chi connectivity index (χ3n) is 4.35. The SMILES string of the molecule is COc1cc([C@@H](N)[C@@H](O)C2CCCCC2)cc(OC)c1Br. The van der Waals surface area contributed by atoms with Gasteiger partial charge in [0.2, 0.25) is 0 Å². The van der Waals surface area contributed by atoms with Crippen LogP contribution < -0.4 is 15.2 Å². The van der Waals surface area contributed by atoms with Crippen LogP contribution in [0.5, 0.6) is 11.5 Å². The Morgan fingerprint density at radius 2 is 1.67 bits per heavy atom. The molecule has 0 radical (unpaired) electrons. The van der Waals surface area contributed by atoms with E-state index in [0.29, 0.717) is 11.5 Å². The summed E-state index contributed by atoms with van der Waals surface area (Å²) in [5, 5.41) is 10.6. The standard InChI is InChI=1S/C16H24BrNO3/c1-20-12-8-11(9-13(21-2)14(12)17)15(18)16(19)10-6-4-3-5-7-10/h8-10,15-16,19H,3-7,18H2,1-2H3/t15-,16+/m1/s1. The number of halogens is 1. The zero-order valence-electron chi connectivity index (χ0n) is 12.6. The van der Waals surface area contributed by atoms with Crippen LogP contribution in [-0.4, -0.2) is 25.4 Å². The number of aliphatic hydroxyl groups is 1. The lowest BCUT2D eigenvalue weighted by atomic mass is 9.81. The molecule has 0 bridgehead atoms. The van der Waals surface area contributed by atoms with Crippen molar-refractivity contribution in [3.63, 3.8) is 0 Å². The predicted molar refractivity (Wildman–Crippen MR) is 86.8 cm³/mol. The van der Waals surface area contributed by atoms with E-state index < -0.39 is 12.1 Å². The summed E-state index contributed by atoms with van der Waals surface area (Å²) in [4.78, 5) is 0. The first kappa shape index (κ1) is 16.6. The van der Waals surface area contributed by atoms with Gasteiger partial charge in [-0.1, -0.05) is 19.3 Å². The van der Waals surface area contributed by atoms with Gasteiger partial charge in [0.05, 0.1) is 26.4 Å². The molecular weight excluding hydrogens is 334 g/mol. The summed E-state index contributed by atoms with van der Waals surface area (Å²) in [6, 6.07) is 3.30. The quantitative estimate of drug-likeness (QED) is 0.847. The molecule has 5 heteroatoms. The van der Waals surface area contributed by atoms with E-state index >= 15 is 0 Å². The molecule has 2 rings (SSSR count). The second kappa shape index (κ2) is 7.47. The van der Waals surface area contributed by atoms with E-state index in [9.17, 15) is 5.11 Å². The number of rotatable bonds is 5. The third kappa shape index (κ3) is 3.71. The van der Waals surface area contributed by atoms with Crippen molar-refractivity contribution in [3.05, 3.63) is 22.2 Å². The lowest BCUT2D eigenvalue weighted by Gasteiger charge is -2.31. The molecular formula is C16H24BrNO3. The minimum atomic E-state index is -0.527. The van der Waals surface area contributed by atoms with Gasteiger partial charge >= 0.3 is 0 Å². The van der Waals surface area contributed by atoms with Gasteiger partial charge in [-0.05, 0) is 52.4 Å². The maximum absolute atomic E-state index is 10.6. The second-order valence-corrected chi connectivity index (χ2v) is 6.45. The summed E-state index contributed by atoms with van der Waals surface area (Å²) in [6.07, 6.45) is 5.21. The monoisotopic (exact) mass is 357 g/mol. The smallest absolute Gasteiger partial charge is 0.137 e. The Bertz CT molecular complexity index is 450. The molecule has 0 spiro atoms. The third-order valence-corrected chi connectivity index (χ3v) is 5.14. The first-order valence-corrected chi connectivity index (χ1v) is 8.22. The minimum Gasteiger partial charge on any atom is -0.495 e. The van der Waals surface area contributed by atoms with Crippen LogP contribution in [-0.2, 0) is 0 Å². The molecule has 2 atom stereocenters. The van der Waals surface area contributed by atoms with Gasteiger partial charge < -0.3 is 20.3 Å². The van der Waals surface area contributed by atoms with E-state index in [1.54, 1.807) is 14.2 Å². The Morgan fingerprint density at radius 1 is 1.14 bits per heavy atom. The van der Waals surface area contributed by atoms with Crippen molar-refractivity contribution in [2.75, 3.05) is 14.2 Å². The summed E-state index contributed by atoms with van der Waals surface area (Å²) in [7, 11) is 3.21. The normalized spacial score (nSPS) is 19.1. The van der Waals surface area contributed by atoms with Crippen LogP contribution >= 0.6 is 15.9 Å². The zero-order chi connectivity index (χ0) is 15.4. The maximum atomic E-state index is 10.6. The average molecular weight is 358 g/mol. The molecule has 21 heavy (non-hydrogen) atoms. The van der Waals surface area contributed by atoms with Crippen LogP contribution in [0.15, 0.2) is 16.6 Å². The van der Waals surface area contributed by atoms with Crippen LogP contribution in [0.3, 0.4) is 0 Å². The largest absolute Gasteiger partial charge is 0.495 e. The number of benzene rings is 1. The summed E-state index contributed by atoms with van der Waals surface area (Å²) in [5.41, 5.74) is 7.13. The lowest BCUT2D eigenvalue weighted by molar-refractivity contribution is 0.0617. The average Bonchev–Trinajstić information content (AvgIpc) is 2.54. The first-order valence-electron chi connectivity index (χ1n) is 7.43. The van der Waals surface area contributed by atoms with Gasteiger partial charge in [-0.2, -0.15) is 0 Å². The molecule has 1 aromatic rings. The highest BCUT2D eigenvalue weighted by Gasteiger charge is 2.28. The van der Waals surface area contributed by atoms with Crippen molar-refractivity contribution in [1.29, 1.82) is 0 Å². The van der Waals surface area contributed by atoms with Crippen LogP contribution in [0, 0.1) is 5.92 Å². The topological polar surface area (TPSA) is 64.7 Å². The van der Waals surface area contributed by atoms with Gasteiger partial charge in [-0.15, -0.1) is 0 Å². The van der Waals surface area contributed by atoms with Crippen molar-refractivity contribution in [2.45, 2.75) is 44.2 Å². The van der Waals surface area contributed by atoms with Crippen molar-refractivity contribution in [2.24, 2.45) is 11.7 Å². The summed E-state index contributed by atoms with van der Waals surface area (Å²) in [5.74, 6) is 1.61. The fourth-order valence-electron chi connectivity index (χ4n) is 3.05. The molecule has 0 amide bonds. The molecule has 0 unspecified atom stereocenters. The summed E-state index contributed by atoms with van der Waals surface area (Å²) in [6.45, 7) is 0. The lowest BCUT2D eigenvalue weighted by Crippen LogP contribution is -2.34. The van der Waals surface area contributed by atoms with Crippen molar-refractivity contribution < 1.29 is 14.6 Å². The fourth-order valence-corrected chi connectivity index (χ4v) is 3.60. The van der Waals surface area contributed by atoms with E-state index in [1.165, 1.54) is 19.3 Å². The van der Waals surface area contributed by atoms with Crippen LogP contribution in [0.4, 0.5) is 0 Å². The van der Waals surface area contributed by atoms with Crippen LogP contribution in [0.2, 0.25) is 0 Å². The van der Waals surface area contributed by atoms with Gasteiger partial charge in [-0.25, -0.2) is 0 Å². The highest BCUT2D eigenvalue weighted by Crippen LogP contribution is 2.39. The molecule has 1 aliphatic carbocycles.